The molecule has 0 saturated heterocycles. The Bertz CT molecular complexity index is 630. The first-order valence-electron chi connectivity index (χ1n) is 6.17. The molecule has 0 aliphatic carbocycles. The molecule has 0 saturated carbocycles. The SMILES string of the molecule is CN(Cc1ccc(Cl)cc1)c1nnc(SCC(=O)O)n1C. The number of aliphatic carboxylic acids is 1. The highest BCUT2D eigenvalue weighted by Gasteiger charge is 2.14. The van der Waals surface area contributed by atoms with Crippen molar-refractivity contribution in [2.45, 2.75) is 11.7 Å². The average molecular weight is 327 g/mol. The minimum absolute atomic E-state index is 0.0348. The molecule has 0 bridgehead atoms. The van der Waals surface area contributed by atoms with E-state index in [9.17, 15) is 4.79 Å². The second-order valence-electron chi connectivity index (χ2n) is 4.51. The number of hydrogen-bond acceptors (Lipinski definition) is 5. The van der Waals surface area contributed by atoms with Crippen molar-refractivity contribution in [3.05, 3.63) is 34.9 Å². The van der Waals surface area contributed by atoms with Crippen LogP contribution in [0.25, 0.3) is 0 Å². The molecular weight excluding hydrogens is 312 g/mol. The van der Waals surface area contributed by atoms with Crippen LogP contribution >= 0.6 is 23.4 Å². The number of benzene rings is 1. The van der Waals surface area contributed by atoms with E-state index >= 15 is 0 Å². The first kappa shape index (κ1) is 15.7. The Labute approximate surface area is 131 Å². The molecule has 0 unspecified atom stereocenters. The molecule has 1 aromatic heterocycles. The Hall–Kier alpha value is -1.73. The molecule has 21 heavy (non-hydrogen) atoms. The highest BCUT2D eigenvalue weighted by Crippen LogP contribution is 2.21. The number of carboxylic acids is 1. The Kier molecular flexibility index (Phi) is 5.08. The Morgan fingerprint density at radius 2 is 2.05 bits per heavy atom. The minimum atomic E-state index is -0.876. The topological polar surface area (TPSA) is 71.2 Å². The highest BCUT2D eigenvalue weighted by atomic mass is 35.5. The van der Waals surface area contributed by atoms with Crippen molar-refractivity contribution in [2.75, 3.05) is 17.7 Å². The van der Waals surface area contributed by atoms with Gasteiger partial charge in [0, 0.05) is 25.7 Å². The fraction of sp³-hybridized carbons (Fsp3) is 0.308. The number of nitrogens with zero attached hydrogens (tertiary/aromatic N) is 4. The normalized spacial score (nSPS) is 10.6. The van der Waals surface area contributed by atoms with E-state index in [1.807, 2.05) is 43.3 Å². The van der Waals surface area contributed by atoms with Gasteiger partial charge in [-0.2, -0.15) is 0 Å². The van der Waals surface area contributed by atoms with Gasteiger partial charge in [-0.3, -0.25) is 9.36 Å². The number of thioether (sulfide) groups is 1. The second-order valence-corrected chi connectivity index (χ2v) is 5.89. The lowest BCUT2D eigenvalue weighted by atomic mass is 10.2. The summed E-state index contributed by atoms with van der Waals surface area (Å²) < 4.78 is 1.78. The summed E-state index contributed by atoms with van der Waals surface area (Å²) in [7, 11) is 3.72. The van der Waals surface area contributed by atoms with Crippen LogP contribution in [0.5, 0.6) is 0 Å². The van der Waals surface area contributed by atoms with Crippen molar-refractivity contribution in [3.63, 3.8) is 0 Å². The molecule has 112 valence electrons. The second kappa shape index (κ2) is 6.82. The summed E-state index contributed by atoms with van der Waals surface area (Å²) in [5.74, 6) is -0.232. The lowest BCUT2D eigenvalue weighted by Crippen LogP contribution is -2.20. The average Bonchev–Trinajstić information content (AvgIpc) is 2.80. The fourth-order valence-electron chi connectivity index (χ4n) is 1.83. The third-order valence-corrected chi connectivity index (χ3v) is 4.07. The predicted octanol–water partition coefficient (Wildman–Crippen LogP) is 2.28. The molecule has 0 radical (unpaired) electrons. The Morgan fingerprint density at radius 1 is 1.38 bits per heavy atom. The maximum atomic E-state index is 10.6. The molecule has 8 heteroatoms. The number of hydrogen-bond donors (Lipinski definition) is 1. The van der Waals surface area contributed by atoms with Gasteiger partial charge < -0.3 is 10.0 Å². The van der Waals surface area contributed by atoms with Crippen LogP contribution in [0.1, 0.15) is 5.56 Å². The summed E-state index contributed by atoms with van der Waals surface area (Å²) in [4.78, 5) is 12.5. The maximum absolute atomic E-state index is 10.6. The summed E-state index contributed by atoms with van der Waals surface area (Å²) in [6.45, 7) is 0.659. The van der Waals surface area contributed by atoms with E-state index in [4.69, 9.17) is 16.7 Å². The quantitative estimate of drug-likeness (QED) is 0.821. The fourth-order valence-corrected chi connectivity index (χ4v) is 2.58. The lowest BCUT2D eigenvalue weighted by Gasteiger charge is -2.17. The van der Waals surface area contributed by atoms with Crippen LogP contribution in [0.3, 0.4) is 0 Å². The molecule has 6 nitrogen and oxygen atoms in total. The first-order chi connectivity index (χ1) is 9.97. The number of anilines is 1. The highest BCUT2D eigenvalue weighted by molar-refractivity contribution is 7.99. The number of aromatic nitrogens is 3. The maximum Gasteiger partial charge on any atom is 0.313 e. The van der Waals surface area contributed by atoms with Crippen molar-refractivity contribution in [2.24, 2.45) is 7.05 Å². The van der Waals surface area contributed by atoms with E-state index in [1.54, 1.807) is 4.57 Å². The van der Waals surface area contributed by atoms with Crippen molar-refractivity contribution in [1.82, 2.24) is 14.8 Å². The zero-order valence-electron chi connectivity index (χ0n) is 11.7. The van der Waals surface area contributed by atoms with Crippen LogP contribution in [0.4, 0.5) is 5.95 Å². The van der Waals surface area contributed by atoms with Gasteiger partial charge >= 0.3 is 5.97 Å². The summed E-state index contributed by atoms with van der Waals surface area (Å²) in [6, 6.07) is 7.59. The van der Waals surface area contributed by atoms with Gasteiger partial charge in [-0.1, -0.05) is 35.5 Å². The summed E-state index contributed by atoms with van der Waals surface area (Å²) in [6.07, 6.45) is 0. The van der Waals surface area contributed by atoms with E-state index in [1.165, 1.54) is 0 Å². The minimum Gasteiger partial charge on any atom is -0.481 e. The van der Waals surface area contributed by atoms with Crippen molar-refractivity contribution in [3.8, 4) is 0 Å². The standard InChI is InChI=1S/C13H15ClN4O2S/c1-17(7-9-3-5-10(14)6-4-9)12-15-16-13(18(12)2)21-8-11(19)20/h3-6H,7-8H2,1-2H3,(H,19,20). The summed E-state index contributed by atoms with van der Waals surface area (Å²) in [5, 5.41) is 18.1. The molecule has 0 fully saturated rings. The number of rotatable bonds is 6. The van der Waals surface area contributed by atoms with Gasteiger partial charge in [-0.25, -0.2) is 0 Å². The number of halogens is 1. The molecular formula is C13H15ClN4O2S. The Morgan fingerprint density at radius 3 is 2.67 bits per heavy atom. The van der Waals surface area contributed by atoms with E-state index in [0.717, 1.165) is 17.3 Å². The zero-order valence-corrected chi connectivity index (χ0v) is 13.2. The molecule has 0 amide bonds. The molecule has 0 aliphatic heterocycles. The molecule has 2 rings (SSSR count). The van der Waals surface area contributed by atoms with Gasteiger partial charge in [0.05, 0.1) is 5.75 Å². The van der Waals surface area contributed by atoms with Crippen LogP contribution < -0.4 is 4.90 Å². The Balaban J connectivity index is 2.07. The van der Waals surface area contributed by atoms with E-state index in [0.29, 0.717) is 22.7 Å². The first-order valence-corrected chi connectivity index (χ1v) is 7.53. The van der Waals surface area contributed by atoms with Gasteiger partial charge in [-0.05, 0) is 17.7 Å². The van der Waals surface area contributed by atoms with Crippen molar-refractivity contribution in [1.29, 1.82) is 0 Å². The van der Waals surface area contributed by atoms with E-state index in [-0.39, 0.29) is 5.75 Å². The van der Waals surface area contributed by atoms with E-state index < -0.39 is 5.97 Å². The lowest BCUT2D eigenvalue weighted by molar-refractivity contribution is -0.133. The van der Waals surface area contributed by atoms with Gasteiger partial charge in [-0.15, -0.1) is 10.2 Å². The van der Waals surface area contributed by atoms with Crippen LogP contribution in [0, 0.1) is 0 Å². The smallest absolute Gasteiger partial charge is 0.313 e. The third-order valence-electron chi connectivity index (χ3n) is 2.81. The number of carboxylic acid groups (broad SMARTS) is 1. The molecule has 0 aliphatic rings. The van der Waals surface area contributed by atoms with Crippen molar-refractivity contribution < 1.29 is 9.90 Å². The molecule has 0 atom stereocenters. The molecule has 1 N–H and O–H groups in total. The molecule has 1 aromatic carbocycles. The predicted molar refractivity (Wildman–Crippen MR) is 82.9 cm³/mol. The van der Waals surface area contributed by atoms with Crippen LogP contribution in [0.15, 0.2) is 29.4 Å². The zero-order chi connectivity index (χ0) is 15.4. The van der Waals surface area contributed by atoms with Gasteiger partial charge in [0.25, 0.3) is 0 Å². The summed E-state index contributed by atoms with van der Waals surface area (Å²) in [5.41, 5.74) is 1.10. The number of carbonyl (C=O) groups is 1. The molecule has 2 aromatic rings. The van der Waals surface area contributed by atoms with Crippen molar-refractivity contribution >= 4 is 35.3 Å². The molecule has 0 spiro atoms. The molecule has 1 heterocycles. The van der Waals surface area contributed by atoms with Gasteiger partial charge in [0.15, 0.2) is 5.16 Å². The van der Waals surface area contributed by atoms with Crippen LogP contribution in [0.2, 0.25) is 5.02 Å². The largest absolute Gasteiger partial charge is 0.481 e. The summed E-state index contributed by atoms with van der Waals surface area (Å²) >= 11 is 7.01. The van der Waals surface area contributed by atoms with Gasteiger partial charge in [0.2, 0.25) is 5.95 Å². The third kappa shape index (κ3) is 4.12. The van der Waals surface area contributed by atoms with Gasteiger partial charge in [0.1, 0.15) is 0 Å². The van der Waals surface area contributed by atoms with Crippen LogP contribution in [-0.4, -0.2) is 38.6 Å². The monoisotopic (exact) mass is 326 g/mol. The van der Waals surface area contributed by atoms with E-state index in [2.05, 4.69) is 10.2 Å². The van der Waals surface area contributed by atoms with Crippen LogP contribution in [-0.2, 0) is 18.4 Å².